The minimum Gasteiger partial charge on any atom is -0.479 e. The Kier molecular flexibility index (Phi) is 2.99. The molecule has 1 unspecified atom stereocenters. The van der Waals surface area contributed by atoms with Gasteiger partial charge in [0.2, 0.25) is 0 Å². The van der Waals surface area contributed by atoms with E-state index >= 15 is 0 Å². The molecule has 16 heavy (non-hydrogen) atoms. The van der Waals surface area contributed by atoms with E-state index in [1.165, 1.54) is 7.11 Å². The fourth-order valence-electron chi connectivity index (χ4n) is 2.15. The van der Waals surface area contributed by atoms with Crippen molar-refractivity contribution in [2.75, 3.05) is 7.11 Å². The van der Waals surface area contributed by atoms with Crippen molar-refractivity contribution in [2.45, 2.75) is 24.4 Å². The normalized spacial score (nSPS) is 19.1. The molecule has 1 saturated carbocycles. The molecule has 1 aliphatic carbocycles. The fourth-order valence-corrected chi connectivity index (χ4v) is 2.79. The standard InChI is InChI=1S/C11H12BrNO3/c1-16-9(10(14)15)11(3-4-11)7-2-5-13-6-8(7)12/h2,5-6,9H,3-4H2,1H3,(H,14,15). The topological polar surface area (TPSA) is 59.4 Å². The minimum absolute atomic E-state index is 0.387. The summed E-state index contributed by atoms with van der Waals surface area (Å²) in [4.78, 5) is 15.1. The van der Waals surface area contributed by atoms with E-state index in [1.807, 2.05) is 6.07 Å². The molecule has 5 heteroatoms. The Bertz CT molecular complexity index is 417. The molecule has 4 nitrogen and oxygen atoms in total. The van der Waals surface area contributed by atoms with E-state index in [2.05, 4.69) is 20.9 Å². The van der Waals surface area contributed by atoms with Gasteiger partial charge in [0.15, 0.2) is 6.10 Å². The number of halogens is 1. The van der Waals surface area contributed by atoms with Crippen LogP contribution in [-0.4, -0.2) is 29.3 Å². The molecule has 1 aromatic heterocycles. The van der Waals surface area contributed by atoms with Crippen molar-refractivity contribution in [2.24, 2.45) is 0 Å². The minimum atomic E-state index is -0.913. The number of methoxy groups -OCH3 is 1. The number of pyridine rings is 1. The summed E-state index contributed by atoms with van der Waals surface area (Å²) in [6.45, 7) is 0. The number of rotatable bonds is 4. The van der Waals surface area contributed by atoms with Gasteiger partial charge in [-0.2, -0.15) is 0 Å². The molecule has 86 valence electrons. The van der Waals surface area contributed by atoms with E-state index in [0.717, 1.165) is 22.9 Å². The molecule has 0 aliphatic heterocycles. The third kappa shape index (κ3) is 1.74. The molecule has 1 aliphatic rings. The number of carbonyl (C=O) groups is 1. The number of aromatic nitrogens is 1. The number of hydrogen-bond acceptors (Lipinski definition) is 3. The third-order valence-corrected chi connectivity index (χ3v) is 3.69. The highest BCUT2D eigenvalue weighted by Gasteiger charge is 2.55. The van der Waals surface area contributed by atoms with Crippen molar-refractivity contribution >= 4 is 21.9 Å². The van der Waals surface area contributed by atoms with E-state index < -0.39 is 12.1 Å². The summed E-state index contributed by atoms with van der Waals surface area (Å²) in [5, 5.41) is 9.15. The van der Waals surface area contributed by atoms with Crippen molar-refractivity contribution in [3.05, 3.63) is 28.5 Å². The molecular formula is C11H12BrNO3. The summed E-state index contributed by atoms with van der Waals surface area (Å²) < 4.78 is 5.95. The van der Waals surface area contributed by atoms with Crippen LogP contribution in [0, 0.1) is 0 Å². The van der Waals surface area contributed by atoms with Gasteiger partial charge in [-0.05, 0) is 40.4 Å². The van der Waals surface area contributed by atoms with Gasteiger partial charge in [-0.1, -0.05) is 0 Å². The first-order valence-corrected chi connectivity index (χ1v) is 5.77. The van der Waals surface area contributed by atoms with Gasteiger partial charge in [0.1, 0.15) is 0 Å². The molecular weight excluding hydrogens is 274 g/mol. The van der Waals surface area contributed by atoms with Crippen LogP contribution in [0.25, 0.3) is 0 Å². The van der Waals surface area contributed by atoms with Crippen LogP contribution in [0.1, 0.15) is 18.4 Å². The maximum Gasteiger partial charge on any atom is 0.333 e. The Hall–Kier alpha value is -0.940. The highest BCUT2D eigenvalue weighted by atomic mass is 79.9. The van der Waals surface area contributed by atoms with Crippen LogP contribution in [0.2, 0.25) is 0 Å². The predicted molar refractivity (Wildman–Crippen MR) is 61.3 cm³/mol. The van der Waals surface area contributed by atoms with Crippen LogP contribution in [-0.2, 0) is 14.9 Å². The van der Waals surface area contributed by atoms with Gasteiger partial charge in [-0.3, -0.25) is 4.98 Å². The molecule has 1 N–H and O–H groups in total. The quantitative estimate of drug-likeness (QED) is 0.919. The summed E-state index contributed by atoms with van der Waals surface area (Å²) >= 11 is 3.41. The average Bonchev–Trinajstić information content (AvgIpc) is 3.00. The third-order valence-electron chi connectivity index (χ3n) is 3.06. The molecule has 1 aromatic rings. The highest BCUT2D eigenvalue weighted by molar-refractivity contribution is 9.10. The van der Waals surface area contributed by atoms with Crippen LogP contribution in [0.4, 0.5) is 0 Å². The van der Waals surface area contributed by atoms with E-state index in [9.17, 15) is 4.79 Å². The van der Waals surface area contributed by atoms with Crippen molar-refractivity contribution in [3.63, 3.8) is 0 Å². The van der Waals surface area contributed by atoms with Crippen LogP contribution >= 0.6 is 15.9 Å². The summed E-state index contributed by atoms with van der Waals surface area (Å²) in [5.41, 5.74) is 0.583. The molecule has 0 saturated heterocycles. The second kappa shape index (κ2) is 4.14. The molecule has 1 heterocycles. The smallest absolute Gasteiger partial charge is 0.333 e. The van der Waals surface area contributed by atoms with Crippen molar-refractivity contribution in [1.29, 1.82) is 0 Å². The monoisotopic (exact) mass is 285 g/mol. The number of aliphatic carboxylic acids is 1. The zero-order valence-corrected chi connectivity index (χ0v) is 10.4. The first-order chi connectivity index (χ1) is 7.62. The predicted octanol–water partition coefficient (Wildman–Crippen LogP) is 1.98. The molecule has 1 atom stereocenters. The Morgan fingerprint density at radius 1 is 1.69 bits per heavy atom. The number of carboxylic acid groups (broad SMARTS) is 1. The number of carboxylic acids is 1. The Morgan fingerprint density at radius 3 is 2.81 bits per heavy atom. The molecule has 0 aromatic carbocycles. The Morgan fingerprint density at radius 2 is 2.38 bits per heavy atom. The lowest BCUT2D eigenvalue weighted by Gasteiger charge is -2.23. The van der Waals surface area contributed by atoms with Gasteiger partial charge in [0, 0.05) is 29.4 Å². The molecule has 2 rings (SSSR count). The first-order valence-electron chi connectivity index (χ1n) is 4.97. The molecule has 0 bridgehead atoms. The molecule has 0 spiro atoms. The second-order valence-electron chi connectivity index (χ2n) is 3.97. The first kappa shape index (κ1) is 11.5. The summed E-state index contributed by atoms with van der Waals surface area (Å²) in [5.74, 6) is -0.913. The van der Waals surface area contributed by atoms with Crippen LogP contribution < -0.4 is 0 Å². The summed E-state index contributed by atoms with van der Waals surface area (Å²) in [6, 6.07) is 1.85. The maximum atomic E-state index is 11.1. The SMILES string of the molecule is COC(C(=O)O)C1(c2ccncc2Br)CC1. The van der Waals surface area contributed by atoms with E-state index in [4.69, 9.17) is 9.84 Å². The van der Waals surface area contributed by atoms with Gasteiger partial charge in [-0.25, -0.2) is 4.79 Å². The summed E-state index contributed by atoms with van der Waals surface area (Å²) in [7, 11) is 1.44. The largest absolute Gasteiger partial charge is 0.479 e. The molecule has 1 fully saturated rings. The van der Waals surface area contributed by atoms with Crippen LogP contribution in [0.15, 0.2) is 22.9 Å². The van der Waals surface area contributed by atoms with Gasteiger partial charge >= 0.3 is 5.97 Å². The maximum absolute atomic E-state index is 11.1. The fraction of sp³-hybridized carbons (Fsp3) is 0.455. The van der Waals surface area contributed by atoms with Gasteiger partial charge in [0.05, 0.1) is 0 Å². The van der Waals surface area contributed by atoms with Gasteiger partial charge in [-0.15, -0.1) is 0 Å². The van der Waals surface area contributed by atoms with Crippen LogP contribution in [0.5, 0.6) is 0 Å². The molecule has 0 radical (unpaired) electrons. The Labute approximate surface area is 102 Å². The number of ether oxygens (including phenoxy) is 1. The average molecular weight is 286 g/mol. The van der Waals surface area contributed by atoms with Crippen molar-refractivity contribution < 1.29 is 14.6 Å². The van der Waals surface area contributed by atoms with Gasteiger partial charge < -0.3 is 9.84 Å². The molecule has 0 amide bonds. The summed E-state index contributed by atoms with van der Waals surface area (Å²) in [6.07, 6.45) is 4.24. The highest BCUT2D eigenvalue weighted by Crippen LogP contribution is 2.53. The number of nitrogens with zero attached hydrogens (tertiary/aromatic N) is 1. The lowest BCUT2D eigenvalue weighted by atomic mass is 9.90. The second-order valence-corrected chi connectivity index (χ2v) is 4.82. The van der Waals surface area contributed by atoms with E-state index in [0.29, 0.717) is 0 Å². The van der Waals surface area contributed by atoms with Crippen molar-refractivity contribution in [1.82, 2.24) is 4.98 Å². The zero-order chi connectivity index (χ0) is 11.8. The van der Waals surface area contributed by atoms with Crippen molar-refractivity contribution in [3.8, 4) is 0 Å². The van der Waals surface area contributed by atoms with Crippen LogP contribution in [0.3, 0.4) is 0 Å². The van der Waals surface area contributed by atoms with Gasteiger partial charge in [0.25, 0.3) is 0 Å². The zero-order valence-electron chi connectivity index (χ0n) is 8.81. The number of hydrogen-bond donors (Lipinski definition) is 1. The lowest BCUT2D eigenvalue weighted by Crippen LogP contribution is -2.36. The van der Waals surface area contributed by atoms with E-state index in [1.54, 1.807) is 12.4 Å². The van der Waals surface area contributed by atoms with E-state index in [-0.39, 0.29) is 5.41 Å². The Balaban J connectivity index is 2.39. The lowest BCUT2D eigenvalue weighted by molar-refractivity contribution is -0.150.